The van der Waals surface area contributed by atoms with Crippen LogP contribution in [0, 0.1) is 0 Å². The third kappa shape index (κ3) is 4.14. The Bertz CT molecular complexity index is 1060. The van der Waals surface area contributed by atoms with Gasteiger partial charge in [-0.05, 0) is 53.2 Å². The maximum atomic E-state index is 5.27. The van der Waals surface area contributed by atoms with Crippen LogP contribution in [0.2, 0.25) is 0 Å². The SMILES string of the molecule is CCCn1nnnc1CSc1nnc(-c2ccc(OC)cc2)n1-c1ccccc1. The van der Waals surface area contributed by atoms with E-state index in [0.717, 1.165) is 46.8 Å². The lowest BCUT2D eigenvalue weighted by atomic mass is 10.2. The number of rotatable bonds is 8. The number of hydrogen-bond acceptors (Lipinski definition) is 7. The quantitative estimate of drug-likeness (QED) is 0.412. The van der Waals surface area contributed by atoms with Crippen LogP contribution >= 0.6 is 11.8 Å². The smallest absolute Gasteiger partial charge is 0.196 e. The summed E-state index contributed by atoms with van der Waals surface area (Å²) in [7, 11) is 1.66. The second kappa shape index (κ2) is 8.87. The number of para-hydroxylation sites is 1. The highest BCUT2D eigenvalue weighted by atomic mass is 32.2. The van der Waals surface area contributed by atoms with Crippen LogP contribution in [0.4, 0.5) is 0 Å². The first-order valence-corrected chi connectivity index (χ1v) is 10.3. The monoisotopic (exact) mass is 407 g/mol. The molecule has 9 heteroatoms. The molecule has 0 spiro atoms. The fraction of sp³-hybridized carbons (Fsp3) is 0.250. The van der Waals surface area contributed by atoms with Gasteiger partial charge in [-0.1, -0.05) is 36.9 Å². The van der Waals surface area contributed by atoms with Gasteiger partial charge in [0.2, 0.25) is 0 Å². The van der Waals surface area contributed by atoms with E-state index in [9.17, 15) is 0 Å². The average molecular weight is 408 g/mol. The highest BCUT2D eigenvalue weighted by Gasteiger charge is 2.17. The van der Waals surface area contributed by atoms with Crippen LogP contribution in [0.25, 0.3) is 17.1 Å². The molecule has 0 aliphatic rings. The fourth-order valence-corrected chi connectivity index (χ4v) is 3.83. The average Bonchev–Trinajstić information content (AvgIpc) is 3.40. The molecule has 0 saturated carbocycles. The molecular weight excluding hydrogens is 386 g/mol. The fourth-order valence-electron chi connectivity index (χ4n) is 2.94. The van der Waals surface area contributed by atoms with E-state index in [-0.39, 0.29) is 0 Å². The molecule has 4 rings (SSSR count). The Labute approximate surface area is 172 Å². The molecular formula is C20H21N7OS. The summed E-state index contributed by atoms with van der Waals surface area (Å²) in [5, 5.41) is 21.7. The minimum absolute atomic E-state index is 0.612. The van der Waals surface area contributed by atoms with Crippen molar-refractivity contribution in [3.63, 3.8) is 0 Å². The molecule has 8 nitrogen and oxygen atoms in total. The van der Waals surface area contributed by atoms with Crippen molar-refractivity contribution in [2.75, 3.05) is 7.11 Å². The first kappa shape index (κ1) is 19.1. The zero-order valence-electron chi connectivity index (χ0n) is 16.3. The summed E-state index contributed by atoms with van der Waals surface area (Å²) in [5.41, 5.74) is 1.96. The maximum Gasteiger partial charge on any atom is 0.196 e. The number of ether oxygens (including phenoxy) is 1. The van der Waals surface area contributed by atoms with Crippen molar-refractivity contribution >= 4 is 11.8 Å². The molecule has 148 valence electrons. The molecule has 0 bridgehead atoms. The first-order valence-electron chi connectivity index (χ1n) is 9.33. The number of aryl methyl sites for hydroxylation is 1. The van der Waals surface area contributed by atoms with Gasteiger partial charge in [-0.2, -0.15) is 0 Å². The van der Waals surface area contributed by atoms with Gasteiger partial charge in [-0.3, -0.25) is 4.57 Å². The summed E-state index contributed by atoms with van der Waals surface area (Å²) in [4.78, 5) is 0. The highest BCUT2D eigenvalue weighted by Crippen LogP contribution is 2.30. The van der Waals surface area contributed by atoms with Crippen LogP contribution in [0.15, 0.2) is 59.8 Å². The maximum absolute atomic E-state index is 5.27. The number of thioether (sulfide) groups is 1. The summed E-state index contributed by atoms with van der Waals surface area (Å²) in [5.74, 6) is 3.01. The molecule has 2 heterocycles. The van der Waals surface area contributed by atoms with E-state index in [4.69, 9.17) is 4.74 Å². The third-order valence-electron chi connectivity index (χ3n) is 4.37. The Morgan fingerprint density at radius 1 is 0.966 bits per heavy atom. The van der Waals surface area contributed by atoms with Gasteiger partial charge in [0.25, 0.3) is 0 Å². The van der Waals surface area contributed by atoms with Crippen molar-refractivity contribution in [2.45, 2.75) is 30.8 Å². The van der Waals surface area contributed by atoms with Gasteiger partial charge in [0.1, 0.15) is 5.75 Å². The van der Waals surface area contributed by atoms with Gasteiger partial charge in [-0.25, -0.2) is 4.68 Å². The molecule has 0 atom stereocenters. The van der Waals surface area contributed by atoms with Crippen molar-refractivity contribution in [3.05, 3.63) is 60.4 Å². The molecule has 0 N–H and O–H groups in total. The van der Waals surface area contributed by atoms with Crippen molar-refractivity contribution in [1.29, 1.82) is 0 Å². The molecule has 0 fully saturated rings. The van der Waals surface area contributed by atoms with E-state index >= 15 is 0 Å². The summed E-state index contributed by atoms with van der Waals surface area (Å²) in [6.07, 6.45) is 0.977. The minimum atomic E-state index is 0.612. The van der Waals surface area contributed by atoms with Crippen LogP contribution in [0.1, 0.15) is 19.2 Å². The number of nitrogens with zero attached hydrogens (tertiary/aromatic N) is 7. The second-order valence-electron chi connectivity index (χ2n) is 6.31. The number of methoxy groups -OCH3 is 1. The molecule has 0 amide bonds. The second-order valence-corrected chi connectivity index (χ2v) is 7.26. The molecule has 0 unspecified atom stereocenters. The Morgan fingerprint density at radius 3 is 2.48 bits per heavy atom. The standard InChI is InChI=1S/C20H21N7OS/c1-3-13-26-18(21-24-25-26)14-29-20-23-22-19(15-9-11-17(28-2)12-10-15)27(20)16-7-5-4-6-8-16/h4-12H,3,13-14H2,1-2H3. The molecule has 4 aromatic rings. The molecule has 0 aliphatic carbocycles. The Kier molecular flexibility index (Phi) is 5.85. The van der Waals surface area contributed by atoms with Crippen LogP contribution in [0.3, 0.4) is 0 Å². The van der Waals surface area contributed by atoms with Crippen LogP contribution in [-0.2, 0) is 12.3 Å². The summed E-state index contributed by atoms with van der Waals surface area (Å²) in [6, 6.07) is 17.9. The van der Waals surface area contributed by atoms with Gasteiger partial charge >= 0.3 is 0 Å². The van der Waals surface area contributed by atoms with E-state index in [1.165, 1.54) is 0 Å². The summed E-state index contributed by atoms with van der Waals surface area (Å²) >= 11 is 1.56. The van der Waals surface area contributed by atoms with Gasteiger partial charge in [0.05, 0.1) is 12.9 Å². The summed E-state index contributed by atoms with van der Waals surface area (Å²) in [6.45, 7) is 2.90. The van der Waals surface area contributed by atoms with Crippen molar-refractivity contribution in [3.8, 4) is 22.8 Å². The topological polar surface area (TPSA) is 83.5 Å². The molecule has 0 aliphatic heterocycles. The Hall–Kier alpha value is -3.20. The number of hydrogen-bond donors (Lipinski definition) is 0. The molecule has 0 radical (unpaired) electrons. The zero-order chi connectivity index (χ0) is 20.1. The van der Waals surface area contributed by atoms with Gasteiger partial charge in [-0.15, -0.1) is 15.3 Å². The lowest BCUT2D eigenvalue weighted by molar-refractivity contribution is 0.415. The number of aromatic nitrogens is 7. The molecule has 2 aromatic heterocycles. The minimum Gasteiger partial charge on any atom is -0.497 e. The molecule has 0 saturated heterocycles. The van der Waals surface area contributed by atoms with Gasteiger partial charge in [0.15, 0.2) is 16.8 Å². The van der Waals surface area contributed by atoms with E-state index in [1.54, 1.807) is 18.9 Å². The van der Waals surface area contributed by atoms with E-state index in [1.807, 2.05) is 59.3 Å². The van der Waals surface area contributed by atoms with Crippen LogP contribution in [-0.4, -0.2) is 42.1 Å². The number of benzene rings is 2. The molecule has 29 heavy (non-hydrogen) atoms. The highest BCUT2D eigenvalue weighted by molar-refractivity contribution is 7.98. The van der Waals surface area contributed by atoms with Crippen LogP contribution in [0.5, 0.6) is 5.75 Å². The Balaban J connectivity index is 1.68. The predicted molar refractivity (Wildman–Crippen MR) is 111 cm³/mol. The number of tetrazole rings is 1. The van der Waals surface area contributed by atoms with Crippen molar-refractivity contribution in [1.82, 2.24) is 35.0 Å². The lowest BCUT2D eigenvalue weighted by Crippen LogP contribution is -2.05. The normalized spacial score (nSPS) is 11.0. The van der Waals surface area contributed by atoms with E-state index in [0.29, 0.717) is 5.75 Å². The van der Waals surface area contributed by atoms with E-state index in [2.05, 4.69) is 37.2 Å². The summed E-state index contributed by atoms with van der Waals surface area (Å²) < 4.78 is 9.16. The zero-order valence-corrected chi connectivity index (χ0v) is 17.1. The van der Waals surface area contributed by atoms with Crippen molar-refractivity contribution in [2.24, 2.45) is 0 Å². The lowest BCUT2D eigenvalue weighted by Gasteiger charge is -2.10. The predicted octanol–water partition coefficient (Wildman–Crippen LogP) is 3.63. The Morgan fingerprint density at radius 2 is 1.76 bits per heavy atom. The van der Waals surface area contributed by atoms with Crippen LogP contribution < -0.4 is 4.74 Å². The van der Waals surface area contributed by atoms with Gasteiger partial charge in [0, 0.05) is 17.8 Å². The largest absolute Gasteiger partial charge is 0.497 e. The first-order chi connectivity index (χ1) is 14.3. The van der Waals surface area contributed by atoms with E-state index < -0.39 is 0 Å². The van der Waals surface area contributed by atoms with Gasteiger partial charge < -0.3 is 4.74 Å². The molecule has 2 aromatic carbocycles. The third-order valence-corrected chi connectivity index (χ3v) is 5.29. The van der Waals surface area contributed by atoms with Crippen molar-refractivity contribution < 1.29 is 4.74 Å².